The van der Waals surface area contributed by atoms with E-state index in [-0.39, 0.29) is 0 Å². The summed E-state index contributed by atoms with van der Waals surface area (Å²) in [6.45, 7) is 2.93. The average Bonchev–Trinajstić information content (AvgIpc) is 2.78. The lowest BCUT2D eigenvalue weighted by atomic mass is 10.3. The lowest BCUT2D eigenvalue weighted by molar-refractivity contribution is 0.768. The van der Waals surface area contributed by atoms with Crippen LogP contribution in [0.15, 0.2) is 30.3 Å². The van der Waals surface area contributed by atoms with Gasteiger partial charge >= 0.3 is 0 Å². The Morgan fingerprint density at radius 2 is 2.06 bits per heavy atom. The zero-order valence-electron chi connectivity index (χ0n) is 9.79. The van der Waals surface area contributed by atoms with Crippen LogP contribution in [-0.4, -0.2) is 38.6 Å². The van der Waals surface area contributed by atoms with Crippen LogP contribution in [0.3, 0.4) is 0 Å². The number of benzene rings is 1. The molecule has 1 atom stereocenters. The smallest absolute Gasteiger partial charge is 0.250 e. The number of anilines is 1. The molecule has 17 heavy (non-hydrogen) atoms. The zero-order chi connectivity index (χ0) is 12.3. The number of tetrazole rings is 1. The van der Waals surface area contributed by atoms with Crippen molar-refractivity contribution in [3.05, 3.63) is 30.3 Å². The Balaban J connectivity index is 2.29. The van der Waals surface area contributed by atoms with Crippen molar-refractivity contribution in [1.29, 1.82) is 0 Å². The summed E-state index contributed by atoms with van der Waals surface area (Å²) in [5.74, 6) is 0.738. The van der Waals surface area contributed by atoms with Gasteiger partial charge < -0.3 is 4.90 Å². The van der Waals surface area contributed by atoms with Gasteiger partial charge in [-0.1, -0.05) is 46.2 Å². The summed E-state index contributed by atoms with van der Waals surface area (Å²) in [5.41, 5.74) is 0.960. The van der Waals surface area contributed by atoms with E-state index in [2.05, 4.69) is 38.4 Å². The fourth-order valence-corrected chi connectivity index (χ4v) is 2.05. The van der Waals surface area contributed by atoms with E-state index in [1.54, 1.807) is 4.68 Å². The molecular formula is C11H14BrN5. The third-order valence-corrected chi connectivity index (χ3v) is 2.61. The summed E-state index contributed by atoms with van der Waals surface area (Å²) in [6.07, 6.45) is 0. The van der Waals surface area contributed by atoms with Gasteiger partial charge in [0, 0.05) is 18.4 Å². The SMILES string of the molecule is CC(Br)CN(C)c1nnnn1-c1ccccc1. The van der Waals surface area contributed by atoms with Gasteiger partial charge in [0.15, 0.2) is 0 Å². The van der Waals surface area contributed by atoms with Gasteiger partial charge in [0.05, 0.1) is 5.69 Å². The molecule has 0 bridgehead atoms. The van der Waals surface area contributed by atoms with Gasteiger partial charge in [0.1, 0.15) is 0 Å². The van der Waals surface area contributed by atoms with Gasteiger partial charge in [-0.3, -0.25) is 0 Å². The first-order chi connectivity index (χ1) is 8.18. The molecule has 0 aliphatic heterocycles. The highest BCUT2D eigenvalue weighted by Gasteiger charge is 2.13. The first kappa shape index (κ1) is 12.0. The normalized spacial score (nSPS) is 12.4. The number of para-hydroxylation sites is 1. The zero-order valence-corrected chi connectivity index (χ0v) is 11.4. The van der Waals surface area contributed by atoms with Crippen molar-refractivity contribution >= 4 is 21.9 Å². The molecule has 2 rings (SSSR count). The average molecular weight is 296 g/mol. The highest BCUT2D eigenvalue weighted by atomic mass is 79.9. The van der Waals surface area contributed by atoms with E-state index in [0.29, 0.717) is 4.83 Å². The van der Waals surface area contributed by atoms with Crippen molar-refractivity contribution in [2.75, 3.05) is 18.5 Å². The third-order valence-electron chi connectivity index (χ3n) is 2.32. The van der Waals surface area contributed by atoms with Crippen molar-refractivity contribution in [1.82, 2.24) is 20.2 Å². The molecule has 0 radical (unpaired) electrons. The maximum atomic E-state index is 4.05. The van der Waals surface area contributed by atoms with Crippen molar-refractivity contribution in [3.8, 4) is 5.69 Å². The molecule has 1 aromatic heterocycles. The molecule has 0 spiro atoms. The molecule has 6 heteroatoms. The van der Waals surface area contributed by atoms with Gasteiger partial charge in [-0.15, -0.1) is 0 Å². The fraction of sp³-hybridized carbons (Fsp3) is 0.364. The number of hydrogen-bond acceptors (Lipinski definition) is 4. The summed E-state index contributed by atoms with van der Waals surface area (Å²) < 4.78 is 1.73. The van der Waals surface area contributed by atoms with Crippen molar-refractivity contribution in [3.63, 3.8) is 0 Å². The van der Waals surface area contributed by atoms with Gasteiger partial charge in [0.2, 0.25) is 5.95 Å². The summed E-state index contributed by atoms with van der Waals surface area (Å²) in [5, 5.41) is 11.8. The summed E-state index contributed by atoms with van der Waals surface area (Å²) in [4.78, 5) is 2.40. The van der Waals surface area contributed by atoms with Crippen LogP contribution in [0.5, 0.6) is 0 Å². The highest BCUT2D eigenvalue weighted by Crippen LogP contribution is 2.14. The van der Waals surface area contributed by atoms with E-state index in [0.717, 1.165) is 18.2 Å². The molecule has 2 aromatic rings. The highest BCUT2D eigenvalue weighted by molar-refractivity contribution is 9.09. The van der Waals surface area contributed by atoms with Crippen LogP contribution in [0.2, 0.25) is 0 Å². The molecule has 0 aliphatic carbocycles. The van der Waals surface area contributed by atoms with Crippen LogP contribution in [0.4, 0.5) is 5.95 Å². The molecular weight excluding hydrogens is 282 g/mol. The molecule has 1 unspecified atom stereocenters. The van der Waals surface area contributed by atoms with E-state index in [4.69, 9.17) is 0 Å². The number of aromatic nitrogens is 4. The van der Waals surface area contributed by atoms with Crippen LogP contribution in [0, 0.1) is 0 Å². The third kappa shape index (κ3) is 2.82. The van der Waals surface area contributed by atoms with E-state index >= 15 is 0 Å². The lowest BCUT2D eigenvalue weighted by Crippen LogP contribution is -2.26. The summed E-state index contributed by atoms with van der Waals surface area (Å²) in [7, 11) is 1.98. The van der Waals surface area contributed by atoms with Crippen LogP contribution in [0.25, 0.3) is 5.69 Å². The van der Waals surface area contributed by atoms with Crippen molar-refractivity contribution in [2.45, 2.75) is 11.8 Å². The Bertz CT molecular complexity index is 468. The minimum absolute atomic E-state index is 0.383. The van der Waals surface area contributed by atoms with Crippen molar-refractivity contribution < 1.29 is 0 Å². The Kier molecular flexibility index (Phi) is 3.73. The number of halogens is 1. The first-order valence-electron chi connectivity index (χ1n) is 5.37. The standard InChI is InChI=1S/C11H14BrN5/c1-9(12)8-16(2)11-13-14-15-17(11)10-6-4-3-5-7-10/h3-7,9H,8H2,1-2H3. The molecule has 0 aliphatic rings. The molecule has 1 aromatic carbocycles. The van der Waals surface area contributed by atoms with Crippen LogP contribution in [0.1, 0.15) is 6.92 Å². The molecule has 0 saturated heterocycles. The first-order valence-corrected chi connectivity index (χ1v) is 6.29. The van der Waals surface area contributed by atoms with E-state index < -0.39 is 0 Å². The van der Waals surface area contributed by atoms with Gasteiger partial charge in [-0.05, 0) is 22.6 Å². The monoisotopic (exact) mass is 295 g/mol. The minimum Gasteiger partial charge on any atom is -0.341 e. The van der Waals surface area contributed by atoms with Gasteiger partial charge in [-0.25, -0.2) is 0 Å². The van der Waals surface area contributed by atoms with Crippen molar-refractivity contribution in [2.24, 2.45) is 0 Å². The molecule has 0 amide bonds. The van der Waals surface area contributed by atoms with Crippen LogP contribution >= 0.6 is 15.9 Å². The number of rotatable bonds is 4. The summed E-state index contributed by atoms with van der Waals surface area (Å²) >= 11 is 3.52. The Morgan fingerprint density at radius 1 is 1.35 bits per heavy atom. The molecule has 0 fully saturated rings. The number of nitrogens with zero attached hydrogens (tertiary/aromatic N) is 5. The van der Waals surface area contributed by atoms with E-state index in [1.165, 1.54) is 0 Å². The number of hydrogen-bond donors (Lipinski definition) is 0. The van der Waals surface area contributed by atoms with E-state index in [9.17, 15) is 0 Å². The topological polar surface area (TPSA) is 46.8 Å². The Hall–Kier alpha value is -1.43. The number of alkyl halides is 1. The fourth-order valence-electron chi connectivity index (χ4n) is 1.62. The maximum absolute atomic E-state index is 4.05. The predicted octanol–water partition coefficient (Wildman–Crippen LogP) is 1.88. The second-order valence-corrected chi connectivity index (χ2v) is 5.45. The minimum atomic E-state index is 0.383. The van der Waals surface area contributed by atoms with E-state index in [1.807, 2.05) is 42.3 Å². The van der Waals surface area contributed by atoms with Gasteiger partial charge in [-0.2, -0.15) is 4.68 Å². The largest absolute Gasteiger partial charge is 0.341 e. The molecule has 0 saturated carbocycles. The van der Waals surface area contributed by atoms with Crippen LogP contribution < -0.4 is 4.90 Å². The van der Waals surface area contributed by atoms with Crippen LogP contribution in [-0.2, 0) is 0 Å². The molecule has 1 heterocycles. The molecule has 0 N–H and O–H groups in total. The quantitative estimate of drug-likeness (QED) is 0.808. The molecule has 5 nitrogen and oxygen atoms in total. The molecule has 90 valence electrons. The maximum Gasteiger partial charge on any atom is 0.250 e. The summed E-state index contributed by atoms with van der Waals surface area (Å²) in [6, 6.07) is 9.86. The second-order valence-electron chi connectivity index (χ2n) is 3.89. The Morgan fingerprint density at radius 3 is 2.71 bits per heavy atom. The Labute approximate surface area is 109 Å². The van der Waals surface area contributed by atoms with Gasteiger partial charge in [0.25, 0.3) is 0 Å². The predicted molar refractivity (Wildman–Crippen MR) is 70.8 cm³/mol. The lowest BCUT2D eigenvalue weighted by Gasteiger charge is -2.18. The second kappa shape index (κ2) is 5.27.